The van der Waals surface area contributed by atoms with Crippen LogP contribution in [0.2, 0.25) is 0 Å². The third kappa shape index (κ3) is 3.33. The van der Waals surface area contributed by atoms with E-state index in [1.54, 1.807) is 0 Å². The van der Waals surface area contributed by atoms with Crippen molar-refractivity contribution in [2.24, 2.45) is 18.7 Å². The molecule has 3 N–H and O–H groups in total. The number of hydrogen-bond acceptors (Lipinski definition) is 2. The maximum absolute atomic E-state index is 12.0. The maximum atomic E-state index is 12.0. The van der Waals surface area contributed by atoms with E-state index < -0.39 is 0 Å². The first-order valence-electron chi connectivity index (χ1n) is 6.29. The molecule has 0 aromatic carbocycles. The van der Waals surface area contributed by atoms with E-state index in [9.17, 15) is 4.79 Å². The fourth-order valence-electron chi connectivity index (χ4n) is 2.46. The van der Waals surface area contributed by atoms with Gasteiger partial charge in [-0.2, -0.15) is 0 Å². The van der Waals surface area contributed by atoms with Gasteiger partial charge in [-0.25, -0.2) is 0 Å². The number of amides is 1. The van der Waals surface area contributed by atoms with Crippen molar-refractivity contribution >= 4 is 5.91 Å². The van der Waals surface area contributed by atoms with Gasteiger partial charge in [-0.3, -0.25) is 4.79 Å². The molecule has 0 aliphatic heterocycles. The van der Waals surface area contributed by atoms with Crippen LogP contribution < -0.4 is 11.1 Å². The molecule has 4 nitrogen and oxygen atoms in total. The first-order valence-corrected chi connectivity index (χ1v) is 6.29. The summed E-state index contributed by atoms with van der Waals surface area (Å²) in [6, 6.07) is 2.23. The van der Waals surface area contributed by atoms with Crippen molar-refractivity contribution in [1.29, 1.82) is 0 Å². The van der Waals surface area contributed by atoms with Crippen molar-refractivity contribution in [2.75, 3.05) is 0 Å². The second-order valence-electron chi connectivity index (χ2n) is 5.03. The van der Waals surface area contributed by atoms with Crippen LogP contribution in [0.3, 0.4) is 0 Å². The minimum absolute atomic E-state index is 0.113. The molecule has 0 bridgehead atoms. The molecule has 94 valence electrons. The molecule has 4 heteroatoms. The average Bonchev–Trinajstić information content (AvgIpc) is 2.72. The standard InChI is InChI=1S/C13H21N3O/c1-16-6-5-10(9-16)8-15-13(17)11-3-2-4-12(14)7-11/h5-6,9,11-12H,2-4,7-8,14H2,1H3,(H,15,17). The molecule has 1 saturated carbocycles. The van der Waals surface area contributed by atoms with Crippen LogP contribution in [0.4, 0.5) is 0 Å². The summed E-state index contributed by atoms with van der Waals surface area (Å²) in [5.41, 5.74) is 7.03. The first kappa shape index (κ1) is 12.2. The van der Waals surface area contributed by atoms with E-state index in [-0.39, 0.29) is 17.9 Å². The van der Waals surface area contributed by atoms with Gasteiger partial charge in [-0.1, -0.05) is 6.42 Å². The van der Waals surface area contributed by atoms with Crippen LogP contribution >= 0.6 is 0 Å². The van der Waals surface area contributed by atoms with Crippen LogP contribution in [-0.4, -0.2) is 16.5 Å². The van der Waals surface area contributed by atoms with Crippen molar-refractivity contribution < 1.29 is 4.79 Å². The average molecular weight is 235 g/mol. The van der Waals surface area contributed by atoms with Crippen molar-refractivity contribution in [3.63, 3.8) is 0 Å². The summed E-state index contributed by atoms with van der Waals surface area (Å²) in [5.74, 6) is 0.270. The number of hydrogen-bond donors (Lipinski definition) is 2. The highest BCUT2D eigenvalue weighted by Gasteiger charge is 2.24. The SMILES string of the molecule is Cn1ccc(CNC(=O)C2CCCC(N)C2)c1. The topological polar surface area (TPSA) is 60.0 Å². The molecule has 2 atom stereocenters. The van der Waals surface area contributed by atoms with Crippen LogP contribution in [0.1, 0.15) is 31.2 Å². The molecule has 2 unspecified atom stereocenters. The molecular formula is C13H21N3O. The van der Waals surface area contributed by atoms with Crippen molar-refractivity contribution in [3.05, 3.63) is 24.0 Å². The van der Waals surface area contributed by atoms with Gasteiger partial charge < -0.3 is 15.6 Å². The number of carbonyl (C=O) groups excluding carboxylic acids is 1. The van der Waals surface area contributed by atoms with Crippen LogP contribution in [0.25, 0.3) is 0 Å². The predicted molar refractivity (Wildman–Crippen MR) is 67.2 cm³/mol. The Morgan fingerprint density at radius 3 is 3.06 bits per heavy atom. The van der Waals surface area contributed by atoms with Crippen molar-refractivity contribution in [2.45, 2.75) is 38.3 Å². The second kappa shape index (κ2) is 5.36. The second-order valence-corrected chi connectivity index (χ2v) is 5.03. The fourth-order valence-corrected chi connectivity index (χ4v) is 2.46. The van der Waals surface area contributed by atoms with E-state index >= 15 is 0 Å². The Morgan fingerprint density at radius 1 is 1.59 bits per heavy atom. The largest absolute Gasteiger partial charge is 0.357 e. The molecule has 0 radical (unpaired) electrons. The lowest BCUT2D eigenvalue weighted by Gasteiger charge is -2.25. The monoisotopic (exact) mass is 235 g/mol. The zero-order valence-corrected chi connectivity index (χ0v) is 10.4. The number of nitrogens with two attached hydrogens (primary N) is 1. The summed E-state index contributed by atoms with van der Waals surface area (Å²) in [4.78, 5) is 12.0. The van der Waals surface area contributed by atoms with Crippen LogP contribution in [0, 0.1) is 5.92 Å². The molecule has 1 aromatic heterocycles. The van der Waals surface area contributed by atoms with Gasteiger partial charge in [0.2, 0.25) is 5.91 Å². The van der Waals surface area contributed by atoms with Crippen LogP contribution in [0.5, 0.6) is 0 Å². The van der Waals surface area contributed by atoms with E-state index in [4.69, 9.17) is 5.73 Å². The minimum atomic E-state index is 0.113. The van der Waals surface area contributed by atoms with E-state index in [1.807, 2.05) is 30.1 Å². The Morgan fingerprint density at radius 2 is 2.41 bits per heavy atom. The highest BCUT2D eigenvalue weighted by atomic mass is 16.1. The quantitative estimate of drug-likeness (QED) is 0.826. The molecule has 0 spiro atoms. The summed E-state index contributed by atoms with van der Waals surface area (Å²) >= 11 is 0. The number of rotatable bonds is 3. The lowest BCUT2D eigenvalue weighted by atomic mass is 9.85. The fraction of sp³-hybridized carbons (Fsp3) is 0.615. The smallest absolute Gasteiger partial charge is 0.223 e. The third-order valence-electron chi connectivity index (χ3n) is 3.45. The number of carbonyl (C=O) groups is 1. The molecule has 1 fully saturated rings. The number of aryl methyl sites for hydroxylation is 1. The van der Waals surface area contributed by atoms with E-state index in [2.05, 4.69) is 5.32 Å². The number of aromatic nitrogens is 1. The Bertz CT molecular complexity index is 386. The van der Waals surface area contributed by atoms with Gasteiger partial charge in [0.15, 0.2) is 0 Å². The summed E-state index contributed by atoms with van der Waals surface area (Å²) < 4.78 is 1.98. The van der Waals surface area contributed by atoms with E-state index in [0.29, 0.717) is 6.54 Å². The Kier molecular flexibility index (Phi) is 3.84. The zero-order chi connectivity index (χ0) is 12.3. The van der Waals surface area contributed by atoms with Gasteiger partial charge in [0.05, 0.1) is 0 Å². The van der Waals surface area contributed by atoms with Gasteiger partial charge in [-0.05, 0) is 30.9 Å². The van der Waals surface area contributed by atoms with Gasteiger partial charge in [-0.15, -0.1) is 0 Å². The summed E-state index contributed by atoms with van der Waals surface area (Å²) in [6.45, 7) is 0.616. The van der Waals surface area contributed by atoms with Crippen LogP contribution in [-0.2, 0) is 18.4 Å². The molecule has 0 saturated heterocycles. The Labute approximate surface area is 102 Å². The van der Waals surface area contributed by atoms with Gasteiger partial charge in [0.1, 0.15) is 0 Å². The Balaban J connectivity index is 1.80. The Hall–Kier alpha value is -1.29. The lowest BCUT2D eigenvalue weighted by molar-refractivity contribution is -0.126. The molecule has 1 heterocycles. The molecule has 17 heavy (non-hydrogen) atoms. The zero-order valence-electron chi connectivity index (χ0n) is 10.4. The highest BCUT2D eigenvalue weighted by Crippen LogP contribution is 2.23. The third-order valence-corrected chi connectivity index (χ3v) is 3.45. The summed E-state index contributed by atoms with van der Waals surface area (Å²) in [6.07, 6.45) is 7.95. The maximum Gasteiger partial charge on any atom is 0.223 e. The van der Waals surface area contributed by atoms with E-state index in [1.165, 1.54) is 0 Å². The number of nitrogens with one attached hydrogen (secondary N) is 1. The number of nitrogens with zero attached hydrogens (tertiary/aromatic N) is 1. The molecule has 1 aromatic rings. The van der Waals surface area contributed by atoms with Gasteiger partial charge in [0, 0.05) is 37.9 Å². The summed E-state index contributed by atoms with van der Waals surface area (Å²) in [7, 11) is 1.98. The molecule has 1 aliphatic carbocycles. The van der Waals surface area contributed by atoms with Crippen molar-refractivity contribution in [1.82, 2.24) is 9.88 Å². The van der Waals surface area contributed by atoms with Crippen LogP contribution in [0.15, 0.2) is 18.5 Å². The molecular weight excluding hydrogens is 214 g/mol. The summed E-state index contributed by atoms with van der Waals surface area (Å²) in [5, 5.41) is 2.99. The normalized spacial score (nSPS) is 24.6. The highest BCUT2D eigenvalue weighted by molar-refractivity contribution is 5.78. The minimum Gasteiger partial charge on any atom is -0.357 e. The predicted octanol–water partition coefficient (Wildman–Crippen LogP) is 1.16. The first-order chi connectivity index (χ1) is 8.15. The molecule has 1 amide bonds. The van der Waals surface area contributed by atoms with E-state index in [0.717, 1.165) is 31.2 Å². The molecule has 1 aliphatic rings. The lowest BCUT2D eigenvalue weighted by Crippen LogP contribution is -2.37. The van der Waals surface area contributed by atoms with Gasteiger partial charge >= 0.3 is 0 Å². The molecule has 2 rings (SSSR count). The van der Waals surface area contributed by atoms with Gasteiger partial charge in [0.25, 0.3) is 0 Å². The van der Waals surface area contributed by atoms with Crippen molar-refractivity contribution in [3.8, 4) is 0 Å².